The molecule has 1 fully saturated rings. The van der Waals surface area contributed by atoms with Gasteiger partial charge >= 0.3 is 0 Å². The van der Waals surface area contributed by atoms with Crippen LogP contribution in [0.2, 0.25) is 0 Å². The Morgan fingerprint density at radius 1 is 0.941 bits per heavy atom. The van der Waals surface area contributed by atoms with Crippen LogP contribution in [0.25, 0.3) is 0 Å². The summed E-state index contributed by atoms with van der Waals surface area (Å²) >= 11 is 0. The third kappa shape index (κ3) is 5.28. The number of fused-ring (bicyclic) bond motifs is 1. The molecule has 1 atom stereocenters. The van der Waals surface area contributed by atoms with Gasteiger partial charge in [-0.15, -0.1) is 0 Å². The highest BCUT2D eigenvalue weighted by atomic mass is 16.7. The highest BCUT2D eigenvalue weighted by Crippen LogP contribution is 2.36. The molecule has 1 aliphatic heterocycles. The summed E-state index contributed by atoms with van der Waals surface area (Å²) in [6, 6.07) is 16.7. The van der Waals surface area contributed by atoms with Crippen LogP contribution in [0.1, 0.15) is 38.3 Å². The van der Waals surface area contributed by atoms with Crippen molar-refractivity contribution in [3.63, 3.8) is 0 Å². The van der Waals surface area contributed by atoms with Gasteiger partial charge in [0, 0.05) is 41.0 Å². The first-order chi connectivity index (χ1) is 16.3. The normalized spacial score (nSPS) is 20.4. The van der Waals surface area contributed by atoms with Crippen molar-refractivity contribution in [2.24, 2.45) is 0 Å². The molecule has 1 aliphatic carbocycles. The lowest BCUT2D eigenvalue weighted by atomic mass is 9.87. The fourth-order valence-electron chi connectivity index (χ4n) is 4.74. The largest absolute Gasteiger partial charge is 0.457 e. The zero-order chi connectivity index (χ0) is 24.3. The second-order valence-corrected chi connectivity index (χ2v) is 10.1. The molecule has 0 bridgehead atoms. The Bertz CT molecular complexity index is 1040. The maximum Gasteiger partial charge on any atom is 0.218 e. The molecule has 0 amide bonds. The molecule has 182 valence electrons. The van der Waals surface area contributed by atoms with Crippen molar-refractivity contribution in [1.29, 1.82) is 0 Å². The first-order valence-corrected chi connectivity index (χ1v) is 11.9. The molecule has 2 aromatic carbocycles. The summed E-state index contributed by atoms with van der Waals surface area (Å²) in [7, 11) is 5.01. The molecule has 0 spiro atoms. The van der Waals surface area contributed by atoms with Crippen LogP contribution in [-0.4, -0.2) is 51.2 Å². The van der Waals surface area contributed by atoms with E-state index in [-0.39, 0.29) is 11.5 Å². The van der Waals surface area contributed by atoms with Gasteiger partial charge in [-0.1, -0.05) is 45.0 Å². The average molecular weight is 464 g/mol. The molecular weight excluding hydrogens is 426 g/mol. The van der Waals surface area contributed by atoms with Gasteiger partial charge in [-0.05, 0) is 70.5 Å². The Morgan fingerprint density at radius 2 is 1.68 bits per heavy atom. The van der Waals surface area contributed by atoms with Crippen LogP contribution in [0.3, 0.4) is 0 Å². The highest BCUT2D eigenvalue weighted by molar-refractivity contribution is 5.42. The van der Waals surface area contributed by atoms with Gasteiger partial charge in [0.2, 0.25) is 5.79 Å². The van der Waals surface area contributed by atoms with Gasteiger partial charge in [0.15, 0.2) is 0 Å². The van der Waals surface area contributed by atoms with Crippen molar-refractivity contribution < 1.29 is 18.9 Å². The van der Waals surface area contributed by atoms with Crippen LogP contribution in [-0.2, 0) is 26.2 Å². The molecule has 0 radical (unpaired) electrons. The lowest BCUT2D eigenvalue weighted by Gasteiger charge is -2.41. The molecule has 1 saturated heterocycles. The van der Waals surface area contributed by atoms with Crippen molar-refractivity contribution >= 4 is 0 Å². The first-order valence-electron chi connectivity index (χ1n) is 11.9. The van der Waals surface area contributed by atoms with Gasteiger partial charge in [0.25, 0.3) is 0 Å². The van der Waals surface area contributed by atoms with E-state index in [0.29, 0.717) is 0 Å². The second kappa shape index (κ2) is 10.0. The number of methoxy groups -OCH3 is 3. The third-order valence-electron chi connectivity index (χ3n) is 6.78. The van der Waals surface area contributed by atoms with Crippen molar-refractivity contribution in [3.8, 4) is 11.5 Å². The van der Waals surface area contributed by atoms with Gasteiger partial charge < -0.3 is 18.9 Å². The number of likely N-dealkylation sites (tertiary alicyclic amines) is 1. The van der Waals surface area contributed by atoms with E-state index in [1.165, 1.54) is 22.3 Å². The van der Waals surface area contributed by atoms with Gasteiger partial charge in [0.05, 0.1) is 0 Å². The molecule has 5 nitrogen and oxygen atoms in total. The number of benzene rings is 2. The Labute approximate surface area is 204 Å². The number of hydrogen-bond donors (Lipinski definition) is 0. The number of rotatable bonds is 7. The summed E-state index contributed by atoms with van der Waals surface area (Å²) in [6.45, 7) is 9.34. The van der Waals surface area contributed by atoms with Crippen LogP contribution in [0.5, 0.6) is 11.5 Å². The molecule has 1 unspecified atom stereocenters. The first kappa shape index (κ1) is 24.7. The minimum absolute atomic E-state index is 0.131. The molecule has 4 rings (SSSR count). The zero-order valence-corrected chi connectivity index (χ0v) is 21.3. The summed E-state index contributed by atoms with van der Waals surface area (Å²) in [4.78, 5) is 2.45. The van der Waals surface area contributed by atoms with Gasteiger partial charge in [-0.3, -0.25) is 4.90 Å². The van der Waals surface area contributed by atoms with Gasteiger partial charge in [-0.2, -0.15) is 0 Å². The van der Waals surface area contributed by atoms with Gasteiger partial charge in [-0.25, -0.2) is 0 Å². The maximum absolute atomic E-state index is 6.16. The second-order valence-electron chi connectivity index (χ2n) is 10.1. The zero-order valence-electron chi connectivity index (χ0n) is 21.3. The molecule has 0 saturated carbocycles. The molecule has 0 N–H and O–H groups in total. The van der Waals surface area contributed by atoms with E-state index in [2.05, 4.69) is 68.2 Å². The standard InChI is InChI=1S/C29H37NO4/c1-28(2,3)24-10-12-25(13-11-24)34-26-9-7-8-21(16-26)19-30-15-14-22-17-27(31-4)29(32-5,33-6)18-23(22)20-30/h7-13,16-18,27H,14-15,19-20H2,1-6H3. The minimum atomic E-state index is -0.882. The number of hydrogen-bond acceptors (Lipinski definition) is 5. The molecule has 2 aliphatic rings. The van der Waals surface area contributed by atoms with Crippen LogP contribution in [0.4, 0.5) is 0 Å². The lowest BCUT2D eigenvalue weighted by molar-refractivity contribution is -0.221. The Kier molecular flexibility index (Phi) is 7.29. The van der Waals surface area contributed by atoms with E-state index in [9.17, 15) is 0 Å². The monoisotopic (exact) mass is 463 g/mol. The quantitative estimate of drug-likeness (QED) is 0.482. The van der Waals surface area contributed by atoms with Crippen LogP contribution in [0.15, 0.2) is 71.8 Å². The number of piperidine rings is 1. The van der Waals surface area contributed by atoms with Crippen molar-refractivity contribution in [1.82, 2.24) is 4.90 Å². The van der Waals surface area contributed by atoms with Crippen molar-refractivity contribution in [2.75, 3.05) is 34.4 Å². The summed E-state index contributed by atoms with van der Waals surface area (Å²) in [5, 5.41) is 0. The van der Waals surface area contributed by atoms with Crippen LogP contribution in [0, 0.1) is 0 Å². The summed E-state index contributed by atoms with van der Waals surface area (Å²) < 4.78 is 23.3. The Morgan fingerprint density at radius 3 is 2.32 bits per heavy atom. The Balaban J connectivity index is 1.44. The van der Waals surface area contributed by atoms with E-state index in [1.807, 2.05) is 18.2 Å². The van der Waals surface area contributed by atoms with E-state index >= 15 is 0 Å². The highest BCUT2D eigenvalue weighted by Gasteiger charge is 2.41. The molecule has 34 heavy (non-hydrogen) atoms. The number of nitrogens with zero attached hydrogens (tertiary/aromatic N) is 1. The van der Waals surface area contributed by atoms with E-state index in [1.54, 1.807) is 21.3 Å². The third-order valence-corrected chi connectivity index (χ3v) is 6.78. The minimum Gasteiger partial charge on any atom is -0.457 e. The summed E-state index contributed by atoms with van der Waals surface area (Å²) in [6.07, 6.45) is 4.97. The smallest absolute Gasteiger partial charge is 0.218 e. The van der Waals surface area contributed by atoms with Crippen LogP contribution < -0.4 is 4.74 Å². The Hall–Kier alpha value is -2.44. The molecule has 5 heteroatoms. The van der Waals surface area contributed by atoms with E-state index in [4.69, 9.17) is 18.9 Å². The average Bonchev–Trinajstić information content (AvgIpc) is 2.83. The fraction of sp³-hybridized carbons (Fsp3) is 0.448. The molecule has 2 aromatic rings. The summed E-state index contributed by atoms with van der Waals surface area (Å²) in [5.41, 5.74) is 5.23. The van der Waals surface area contributed by atoms with Crippen molar-refractivity contribution in [2.45, 2.75) is 51.0 Å². The maximum atomic E-state index is 6.16. The topological polar surface area (TPSA) is 40.2 Å². The lowest BCUT2D eigenvalue weighted by Crippen LogP contribution is -2.48. The van der Waals surface area contributed by atoms with E-state index in [0.717, 1.165) is 37.6 Å². The predicted octanol–water partition coefficient (Wildman–Crippen LogP) is 5.85. The fourth-order valence-corrected chi connectivity index (χ4v) is 4.74. The molecule has 1 heterocycles. The number of ether oxygens (including phenoxy) is 4. The SMILES string of the molecule is COC1C=C2CCN(Cc3cccc(Oc4ccc(C(C)(C)C)cc4)c3)CC2=CC1(OC)OC. The van der Waals surface area contributed by atoms with Gasteiger partial charge in [0.1, 0.15) is 17.6 Å². The van der Waals surface area contributed by atoms with E-state index < -0.39 is 5.79 Å². The predicted molar refractivity (Wildman–Crippen MR) is 135 cm³/mol. The molecule has 0 aromatic heterocycles. The summed E-state index contributed by atoms with van der Waals surface area (Å²) in [5.74, 6) is 0.831. The van der Waals surface area contributed by atoms with Crippen LogP contribution >= 0.6 is 0 Å². The molecular formula is C29H37NO4. The van der Waals surface area contributed by atoms with Crippen molar-refractivity contribution in [3.05, 3.63) is 83.0 Å².